The van der Waals surface area contributed by atoms with Gasteiger partial charge in [-0.15, -0.1) is 0 Å². The van der Waals surface area contributed by atoms with Gasteiger partial charge in [-0.2, -0.15) is 5.26 Å². The third-order valence-corrected chi connectivity index (χ3v) is 5.25. The molecule has 0 spiro atoms. The Balaban J connectivity index is 1.59. The summed E-state index contributed by atoms with van der Waals surface area (Å²) in [7, 11) is 0. The quantitative estimate of drug-likeness (QED) is 0.489. The Morgan fingerprint density at radius 1 is 1.00 bits per heavy atom. The first kappa shape index (κ1) is 19.7. The van der Waals surface area contributed by atoms with Gasteiger partial charge in [0.2, 0.25) is 0 Å². The highest BCUT2D eigenvalue weighted by Crippen LogP contribution is 2.25. The summed E-state index contributed by atoms with van der Waals surface area (Å²) in [5.74, 6) is 0.934. The maximum Gasteiger partial charge on any atom is 0.157 e. The molecule has 0 atom stereocenters. The van der Waals surface area contributed by atoms with E-state index >= 15 is 0 Å². The molecule has 4 aromatic rings. The van der Waals surface area contributed by atoms with Gasteiger partial charge < -0.3 is 5.32 Å². The maximum absolute atomic E-state index is 9.02. The van der Waals surface area contributed by atoms with Gasteiger partial charge >= 0.3 is 0 Å². The number of hydrogen-bond acceptors (Lipinski definition) is 4. The molecule has 0 saturated heterocycles. The second-order valence-corrected chi connectivity index (χ2v) is 8.47. The van der Waals surface area contributed by atoms with Crippen LogP contribution in [-0.4, -0.2) is 14.4 Å². The van der Waals surface area contributed by atoms with Gasteiger partial charge in [-0.3, -0.25) is 9.38 Å². The number of anilines is 2. The molecule has 150 valence electrons. The lowest BCUT2D eigenvalue weighted by Crippen LogP contribution is -2.10. The molecule has 2 aromatic heterocycles. The van der Waals surface area contributed by atoms with Gasteiger partial charge in [-0.05, 0) is 53.6 Å². The van der Waals surface area contributed by atoms with Gasteiger partial charge in [-0.1, -0.05) is 45.0 Å². The average molecular weight is 396 g/mol. The van der Waals surface area contributed by atoms with Crippen LogP contribution in [0.25, 0.3) is 5.65 Å². The summed E-state index contributed by atoms with van der Waals surface area (Å²) in [4.78, 5) is 9.00. The van der Waals surface area contributed by atoms with Crippen molar-refractivity contribution in [1.29, 1.82) is 5.26 Å². The summed E-state index contributed by atoms with van der Waals surface area (Å²) in [6, 6.07) is 18.5. The van der Waals surface area contributed by atoms with Crippen LogP contribution in [-0.2, 0) is 18.3 Å². The minimum Gasteiger partial charge on any atom is -0.340 e. The average Bonchev–Trinajstić information content (AvgIpc) is 3.10. The highest BCUT2D eigenvalue weighted by molar-refractivity contribution is 5.64. The van der Waals surface area contributed by atoms with Crippen LogP contribution < -0.4 is 5.32 Å². The van der Waals surface area contributed by atoms with E-state index in [0.29, 0.717) is 5.56 Å². The summed E-state index contributed by atoms with van der Waals surface area (Å²) < 4.78 is 2.02. The van der Waals surface area contributed by atoms with E-state index in [4.69, 9.17) is 10.2 Å². The van der Waals surface area contributed by atoms with E-state index < -0.39 is 0 Å². The van der Waals surface area contributed by atoms with Gasteiger partial charge in [0, 0.05) is 18.1 Å². The Morgan fingerprint density at radius 2 is 1.73 bits per heavy atom. The molecule has 30 heavy (non-hydrogen) atoms. The molecule has 1 N–H and O–H groups in total. The molecule has 0 bridgehead atoms. The molecule has 2 heterocycles. The summed E-state index contributed by atoms with van der Waals surface area (Å²) in [5, 5.41) is 12.5. The van der Waals surface area contributed by atoms with Crippen molar-refractivity contribution >= 4 is 17.2 Å². The largest absolute Gasteiger partial charge is 0.340 e. The normalized spacial score (nSPS) is 11.4. The Bertz CT molecular complexity index is 1190. The summed E-state index contributed by atoms with van der Waals surface area (Å²) >= 11 is 0. The Morgan fingerprint density at radius 3 is 2.40 bits per heavy atom. The number of fused-ring (bicyclic) bond motifs is 1. The fourth-order valence-electron chi connectivity index (χ4n) is 3.46. The fraction of sp³-hybridized carbons (Fsp3) is 0.240. The van der Waals surface area contributed by atoms with Crippen molar-refractivity contribution in [3.05, 3.63) is 89.5 Å². The lowest BCUT2D eigenvalue weighted by atomic mass is 9.86. The molecule has 0 aliphatic carbocycles. The lowest BCUT2D eigenvalue weighted by molar-refractivity contribution is 0.590. The van der Waals surface area contributed by atoms with Crippen LogP contribution in [0, 0.1) is 11.3 Å². The van der Waals surface area contributed by atoms with E-state index in [1.54, 1.807) is 12.4 Å². The van der Waals surface area contributed by atoms with Gasteiger partial charge in [0.1, 0.15) is 5.82 Å². The van der Waals surface area contributed by atoms with Crippen molar-refractivity contribution in [1.82, 2.24) is 14.4 Å². The highest BCUT2D eigenvalue weighted by Gasteiger charge is 2.15. The second-order valence-electron chi connectivity index (χ2n) is 8.47. The van der Waals surface area contributed by atoms with E-state index in [9.17, 15) is 0 Å². The Labute approximate surface area is 177 Å². The van der Waals surface area contributed by atoms with E-state index in [1.807, 2.05) is 34.9 Å². The van der Waals surface area contributed by atoms with Crippen molar-refractivity contribution in [3.8, 4) is 6.07 Å². The maximum atomic E-state index is 9.02. The van der Waals surface area contributed by atoms with E-state index in [1.165, 1.54) is 11.1 Å². The zero-order valence-electron chi connectivity index (χ0n) is 17.6. The Kier molecular flexibility index (Phi) is 5.24. The molecule has 2 aromatic carbocycles. The van der Waals surface area contributed by atoms with Crippen molar-refractivity contribution in [2.24, 2.45) is 0 Å². The smallest absolute Gasteiger partial charge is 0.157 e. The summed E-state index contributed by atoms with van der Waals surface area (Å²) in [5.41, 5.74) is 6.16. The molecule has 5 nitrogen and oxygen atoms in total. The topological polar surface area (TPSA) is 66.0 Å². The third-order valence-electron chi connectivity index (χ3n) is 5.25. The first-order valence-electron chi connectivity index (χ1n) is 10.1. The molecule has 0 unspecified atom stereocenters. The number of rotatable bonds is 5. The zero-order valence-corrected chi connectivity index (χ0v) is 17.6. The summed E-state index contributed by atoms with van der Waals surface area (Å²) in [6.07, 6.45) is 7.16. The standard InChI is InChI=1S/C25H25N5/c1-25(2,3)20-9-4-18(5-10-20)8-13-22-24(30-15-14-27-17-23(30)29-22)28-21-11-6-19(16-26)7-12-21/h4-7,9-12,14-15,17,28H,8,13H2,1-3H3. The van der Waals surface area contributed by atoms with Crippen molar-refractivity contribution < 1.29 is 0 Å². The van der Waals surface area contributed by atoms with Crippen LogP contribution in [0.3, 0.4) is 0 Å². The van der Waals surface area contributed by atoms with Crippen LogP contribution in [0.5, 0.6) is 0 Å². The lowest BCUT2D eigenvalue weighted by Gasteiger charge is -2.19. The number of aromatic nitrogens is 3. The molecular formula is C25H25N5. The van der Waals surface area contributed by atoms with E-state index in [-0.39, 0.29) is 5.41 Å². The summed E-state index contributed by atoms with van der Waals surface area (Å²) in [6.45, 7) is 6.69. The molecule has 0 aliphatic rings. The number of nitrogens with one attached hydrogen (secondary N) is 1. The van der Waals surface area contributed by atoms with Crippen LogP contribution in [0.15, 0.2) is 67.1 Å². The predicted octanol–water partition coefficient (Wildman–Crippen LogP) is 5.43. The first-order chi connectivity index (χ1) is 14.4. The highest BCUT2D eigenvalue weighted by atomic mass is 15.1. The molecular weight excluding hydrogens is 370 g/mol. The molecule has 0 aliphatic heterocycles. The van der Waals surface area contributed by atoms with E-state index in [0.717, 1.165) is 35.7 Å². The minimum atomic E-state index is 0.158. The van der Waals surface area contributed by atoms with Crippen LogP contribution in [0.4, 0.5) is 11.5 Å². The number of imidazole rings is 1. The number of nitriles is 1. The van der Waals surface area contributed by atoms with Gasteiger partial charge in [0.05, 0.1) is 23.5 Å². The number of hydrogen-bond donors (Lipinski definition) is 1. The number of benzene rings is 2. The van der Waals surface area contributed by atoms with Crippen molar-refractivity contribution in [2.45, 2.75) is 39.0 Å². The van der Waals surface area contributed by atoms with Gasteiger partial charge in [-0.25, -0.2) is 4.98 Å². The molecule has 0 saturated carbocycles. The molecule has 4 rings (SSSR count). The second kappa shape index (κ2) is 8.00. The van der Waals surface area contributed by atoms with Crippen molar-refractivity contribution in [2.75, 3.05) is 5.32 Å². The van der Waals surface area contributed by atoms with E-state index in [2.05, 4.69) is 61.4 Å². The third kappa shape index (κ3) is 4.18. The SMILES string of the molecule is CC(C)(C)c1ccc(CCc2nc3cnccn3c2Nc2ccc(C#N)cc2)cc1. The van der Waals surface area contributed by atoms with Crippen molar-refractivity contribution in [3.63, 3.8) is 0 Å². The zero-order chi connectivity index (χ0) is 21.1. The molecule has 5 heteroatoms. The van der Waals surface area contributed by atoms with Gasteiger partial charge in [0.25, 0.3) is 0 Å². The van der Waals surface area contributed by atoms with Crippen LogP contribution >= 0.6 is 0 Å². The molecule has 0 radical (unpaired) electrons. The van der Waals surface area contributed by atoms with Crippen LogP contribution in [0.2, 0.25) is 0 Å². The Hall–Kier alpha value is -3.65. The predicted molar refractivity (Wildman–Crippen MR) is 120 cm³/mol. The molecule has 0 fully saturated rings. The molecule has 0 amide bonds. The van der Waals surface area contributed by atoms with Crippen LogP contribution in [0.1, 0.15) is 43.2 Å². The minimum absolute atomic E-state index is 0.158. The number of aryl methyl sites for hydroxylation is 2. The monoisotopic (exact) mass is 395 g/mol. The fourth-order valence-corrected chi connectivity index (χ4v) is 3.46. The first-order valence-corrected chi connectivity index (χ1v) is 10.1. The van der Waals surface area contributed by atoms with Gasteiger partial charge in [0.15, 0.2) is 5.65 Å². The number of nitrogens with zero attached hydrogens (tertiary/aromatic N) is 4.